The van der Waals surface area contributed by atoms with E-state index < -0.39 is 5.97 Å². The van der Waals surface area contributed by atoms with Crippen LogP contribution in [0.4, 0.5) is 0 Å². The van der Waals surface area contributed by atoms with Gasteiger partial charge in [-0.2, -0.15) is 0 Å². The quantitative estimate of drug-likeness (QED) is 0.575. The second kappa shape index (κ2) is 8.18. The second-order valence-corrected chi connectivity index (χ2v) is 6.23. The second-order valence-electron chi connectivity index (χ2n) is 5.35. The van der Waals surface area contributed by atoms with E-state index >= 15 is 0 Å². The molecule has 0 aromatic heterocycles. The van der Waals surface area contributed by atoms with Crippen LogP contribution in [0.1, 0.15) is 29.5 Å². The number of rotatable bonds is 6. The minimum Gasteiger partial charge on any atom is -0.507 e. The Bertz CT molecular complexity index is 771. The van der Waals surface area contributed by atoms with E-state index in [0.29, 0.717) is 39.8 Å². The van der Waals surface area contributed by atoms with Gasteiger partial charge in [-0.05, 0) is 43.2 Å². The van der Waals surface area contributed by atoms with Gasteiger partial charge in [0, 0.05) is 34.1 Å². The van der Waals surface area contributed by atoms with Gasteiger partial charge in [-0.15, -0.1) is 0 Å². The summed E-state index contributed by atoms with van der Waals surface area (Å²) in [5.74, 6) is -0.758. The Balaban J connectivity index is 2.45. The SMILES string of the molecule is Cc1cc(Cl)cc(/C(=N/CCCC(=O)O)c2ccc(Cl)cc2)c1O. The predicted molar refractivity (Wildman–Crippen MR) is 96.7 cm³/mol. The molecule has 126 valence electrons. The maximum absolute atomic E-state index is 10.6. The molecule has 0 radical (unpaired) electrons. The molecule has 2 rings (SSSR count). The first-order chi connectivity index (χ1) is 11.4. The Kier molecular flexibility index (Phi) is 6.23. The van der Waals surface area contributed by atoms with Crippen molar-refractivity contribution < 1.29 is 15.0 Å². The highest BCUT2D eigenvalue weighted by molar-refractivity contribution is 6.32. The third-order valence-electron chi connectivity index (χ3n) is 3.46. The van der Waals surface area contributed by atoms with E-state index in [-0.39, 0.29) is 12.2 Å². The monoisotopic (exact) mass is 365 g/mol. The van der Waals surface area contributed by atoms with Crippen LogP contribution >= 0.6 is 23.2 Å². The zero-order chi connectivity index (χ0) is 17.7. The van der Waals surface area contributed by atoms with Crippen LogP contribution in [0.3, 0.4) is 0 Å². The Morgan fingerprint density at radius 1 is 1.12 bits per heavy atom. The number of aliphatic carboxylic acids is 1. The molecule has 0 atom stereocenters. The fraction of sp³-hybridized carbons (Fsp3) is 0.222. The van der Waals surface area contributed by atoms with Crippen molar-refractivity contribution in [2.75, 3.05) is 6.54 Å². The third kappa shape index (κ3) is 4.73. The van der Waals surface area contributed by atoms with Gasteiger partial charge in [0.15, 0.2) is 0 Å². The molecule has 0 aliphatic rings. The van der Waals surface area contributed by atoms with Crippen LogP contribution in [0.2, 0.25) is 10.0 Å². The van der Waals surface area contributed by atoms with Crippen molar-refractivity contribution in [2.45, 2.75) is 19.8 Å². The minimum absolute atomic E-state index is 0.0396. The molecular weight excluding hydrogens is 349 g/mol. The molecule has 2 aromatic rings. The van der Waals surface area contributed by atoms with Crippen LogP contribution in [-0.2, 0) is 4.79 Å². The molecule has 0 unspecified atom stereocenters. The van der Waals surface area contributed by atoms with Gasteiger partial charge in [-0.1, -0.05) is 35.3 Å². The van der Waals surface area contributed by atoms with Gasteiger partial charge >= 0.3 is 5.97 Å². The zero-order valence-corrected chi connectivity index (χ0v) is 14.6. The highest BCUT2D eigenvalue weighted by Crippen LogP contribution is 2.29. The Hall–Kier alpha value is -2.04. The molecular formula is C18H17Cl2NO3. The zero-order valence-electron chi connectivity index (χ0n) is 13.1. The van der Waals surface area contributed by atoms with E-state index in [1.165, 1.54) is 0 Å². The number of hydrogen-bond donors (Lipinski definition) is 2. The summed E-state index contributed by atoms with van der Waals surface area (Å²) in [4.78, 5) is 15.1. The lowest BCUT2D eigenvalue weighted by Crippen LogP contribution is -2.06. The van der Waals surface area contributed by atoms with E-state index in [4.69, 9.17) is 28.3 Å². The van der Waals surface area contributed by atoms with Crippen molar-refractivity contribution in [3.05, 3.63) is 63.1 Å². The Morgan fingerprint density at radius 2 is 1.79 bits per heavy atom. The molecule has 4 nitrogen and oxygen atoms in total. The number of phenols is 1. The van der Waals surface area contributed by atoms with Crippen molar-refractivity contribution in [2.24, 2.45) is 4.99 Å². The summed E-state index contributed by atoms with van der Waals surface area (Å²) in [6, 6.07) is 10.4. The van der Waals surface area contributed by atoms with E-state index in [1.54, 1.807) is 43.3 Å². The Labute approximate surface area is 150 Å². The van der Waals surface area contributed by atoms with Crippen molar-refractivity contribution >= 4 is 34.9 Å². The summed E-state index contributed by atoms with van der Waals surface area (Å²) >= 11 is 12.0. The maximum Gasteiger partial charge on any atom is 0.303 e. The summed E-state index contributed by atoms with van der Waals surface area (Å²) in [5, 5.41) is 20.2. The predicted octanol–water partition coefficient (Wildman–Crippen LogP) is 4.71. The van der Waals surface area contributed by atoms with Gasteiger partial charge in [-0.25, -0.2) is 0 Å². The number of aromatic hydroxyl groups is 1. The van der Waals surface area contributed by atoms with Gasteiger partial charge in [0.2, 0.25) is 0 Å². The third-order valence-corrected chi connectivity index (χ3v) is 3.93. The average molecular weight is 366 g/mol. The number of halogens is 2. The van der Waals surface area contributed by atoms with Gasteiger partial charge in [-0.3, -0.25) is 9.79 Å². The molecule has 0 aliphatic heterocycles. The Morgan fingerprint density at radius 3 is 2.42 bits per heavy atom. The fourth-order valence-corrected chi connectivity index (χ4v) is 2.68. The van der Waals surface area contributed by atoms with Crippen LogP contribution in [0.25, 0.3) is 0 Å². The average Bonchev–Trinajstić information content (AvgIpc) is 2.52. The summed E-state index contributed by atoms with van der Waals surface area (Å²) in [6.07, 6.45) is 0.449. The first kappa shape index (κ1) is 18.3. The molecule has 2 N–H and O–H groups in total. The van der Waals surface area contributed by atoms with Crippen molar-refractivity contribution in [3.63, 3.8) is 0 Å². The molecule has 0 saturated heterocycles. The number of hydrogen-bond acceptors (Lipinski definition) is 3. The smallest absolute Gasteiger partial charge is 0.303 e. The van der Waals surface area contributed by atoms with Crippen molar-refractivity contribution in [3.8, 4) is 5.75 Å². The van der Waals surface area contributed by atoms with Crippen LogP contribution in [-0.4, -0.2) is 28.4 Å². The molecule has 6 heteroatoms. The van der Waals surface area contributed by atoms with Gasteiger partial charge in [0.05, 0.1) is 5.71 Å². The number of benzene rings is 2. The molecule has 24 heavy (non-hydrogen) atoms. The van der Waals surface area contributed by atoms with Crippen LogP contribution in [0.5, 0.6) is 5.75 Å². The summed E-state index contributed by atoms with van der Waals surface area (Å²) < 4.78 is 0. The van der Waals surface area contributed by atoms with Crippen LogP contribution < -0.4 is 0 Å². The highest BCUT2D eigenvalue weighted by Gasteiger charge is 2.14. The molecule has 2 aromatic carbocycles. The van der Waals surface area contributed by atoms with E-state index in [9.17, 15) is 9.90 Å². The van der Waals surface area contributed by atoms with Gasteiger partial charge in [0.25, 0.3) is 0 Å². The highest BCUT2D eigenvalue weighted by atomic mass is 35.5. The molecule has 0 aliphatic carbocycles. The number of carboxylic acids is 1. The van der Waals surface area contributed by atoms with Crippen molar-refractivity contribution in [1.82, 2.24) is 0 Å². The molecule has 0 bridgehead atoms. The molecule has 0 heterocycles. The topological polar surface area (TPSA) is 69.9 Å². The molecule has 0 amide bonds. The number of carboxylic acid groups (broad SMARTS) is 1. The molecule has 0 saturated carbocycles. The standard InChI is InChI=1S/C18H17Cl2NO3/c1-11-9-14(20)10-15(18(11)24)17(21-8-2-3-16(22)23)12-4-6-13(19)7-5-12/h4-7,9-10,24H,2-3,8H2,1H3,(H,22,23)/b21-17+. The number of aliphatic imine (C=N–C) groups is 1. The summed E-state index contributed by atoms with van der Waals surface area (Å²) in [6.45, 7) is 2.09. The van der Waals surface area contributed by atoms with E-state index in [1.807, 2.05) is 0 Å². The van der Waals surface area contributed by atoms with E-state index in [0.717, 1.165) is 5.56 Å². The number of nitrogens with zero attached hydrogens (tertiary/aromatic N) is 1. The fourth-order valence-electron chi connectivity index (χ4n) is 2.28. The number of phenolic OH excluding ortho intramolecular Hbond substituents is 1. The maximum atomic E-state index is 10.6. The van der Waals surface area contributed by atoms with Crippen molar-refractivity contribution in [1.29, 1.82) is 0 Å². The lowest BCUT2D eigenvalue weighted by Gasteiger charge is -2.12. The van der Waals surface area contributed by atoms with Crippen LogP contribution in [0.15, 0.2) is 41.4 Å². The normalized spacial score (nSPS) is 11.5. The first-order valence-corrected chi connectivity index (χ1v) is 8.15. The molecule has 0 fully saturated rings. The number of aryl methyl sites for hydroxylation is 1. The molecule has 0 spiro atoms. The van der Waals surface area contributed by atoms with Gasteiger partial charge in [0.1, 0.15) is 5.75 Å². The largest absolute Gasteiger partial charge is 0.507 e. The first-order valence-electron chi connectivity index (χ1n) is 7.40. The van der Waals surface area contributed by atoms with E-state index in [2.05, 4.69) is 4.99 Å². The summed E-state index contributed by atoms with van der Waals surface area (Å²) in [7, 11) is 0. The lowest BCUT2D eigenvalue weighted by atomic mass is 9.99. The van der Waals surface area contributed by atoms with Crippen LogP contribution in [0, 0.1) is 6.92 Å². The minimum atomic E-state index is -0.861. The van der Waals surface area contributed by atoms with Gasteiger partial charge < -0.3 is 10.2 Å². The number of carbonyl (C=O) groups is 1. The lowest BCUT2D eigenvalue weighted by molar-refractivity contribution is -0.137. The summed E-state index contributed by atoms with van der Waals surface area (Å²) in [5.41, 5.74) is 2.48.